The van der Waals surface area contributed by atoms with E-state index in [-0.39, 0.29) is 5.60 Å². The molecule has 2 heterocycles. The summed E-state index contributed by atoms with van der Waals surface area (Å²) >= 11 is 0. The first kappa shape index (κ1) is 13.2. The van der Waals surface area contributed by atoms with Crippen LogP contribution in [0.4, 0.5) is 0 Å². The van der Waals surface area contributed by atoms with Gasteiger partial charge in [-0.2, -0.15) is 0 Å². The molecule has 3 heteroatoms. The Kier molecular flexibility index (Phi) is 3.38. The van der Waals surface area contributed by atoms with Crippen LogP contribution in [0, 0.1) is 0 Å². The predicted octanol–water partition coefficient (Wildman–Crippen LogP) is 4.43. The van der Waals surface area contributed by atoms with Crippen LogP contribution in [0.25, 0.3) is 10.9 Å². The molecule has 0 radical (unpaired) electrons. The van der Waals surface area contributed by atoms with Gasteiger partial charge >= 0.3 is 0 Å². The molecular formula is C18H23NO2. The van der Waals surface area contributed by atoms with Crippen LogP contribution in [0.5, 0.6) is 5.75 Å². The average Bonchev–Trinajstić information content (AvgIpc) is 2.96. The van der Waals surface area contributed by atoms with Gasteiger partial charge in [0.15, 0.2) is 0 Å². The normalized spacial score (nSPS) is 25.2. The molecule has 1 saturated heterocycles. The highest BCUT2D eigenvalue weighted by atomic mass is 16.5. The lowest BCUT2D eigenvalue weighted by Gasteiger charge is -2.43. The Labute approximate surface area is 125 Å². The van der Waals surface area contributed by atoms with E-state index in [1.165, 1.54) is 37.5 Å². The third-order valence-corrected chi connectivity index (χ3v) is 5.04. The van der Waals surface area contributed by atoms with Gasteiger partial charge in [-0.3, -0.25) is 0 Å². The summed E-state index contributed by atoms with van der Waals surface area (Å²) < 4.78 is 12.4. The zero-order valence-corrected chi connectivity index (χ0v) is 12.4. The molecule has 2 fully saturated rings. The Morgan fingerprint density at radius 1 is 1.14 bits per heavy atom. The highest BCUT2D eigenvalue weighted by Crippen LogP contribution is 2.39. The van der Waals surface area contributed by atoms with Crippen LogP contribution in [0.1, 0.15) is 44.9 Å². The third kappa shape index (κ3) is 2.67. The van der Waals surface area contributed by atoms with Crippen molar-refractivity contribution in [3.8, 4) is 5.75 Å². The van der Waals surface area contributed by atoms with Gasteiger partial charge in [-0.15, -0.1) is 0 Å². The fraction of sp³-hybridized carbons (Fsp3) is 0.556. The van der Waals surface area contributed by atoms with Gasteiger partial charge in [-0.05, 0) is 37.1 Å². The number of H-pyrrole nitrogens is 1. The second kappa shape index (κ2) is 5.38. The molecule has 1 aromatic carbocycles. The summed E-state index contributed by atoms with van der Waals surface area (Å²) in [4.78, 5) is 3.22. The average molecular weight is 285 g/mol. The van der Waals surface area contributed by atoms with E-state index >= 15 is 0 Å². The van der Waals surface area contributed by atoms with Crippen LogP contribution >= 0.6 is 0 Å². The Bertz CT molecular complexity index is 607. The smallest absolute Gasteiger partial charge is 0.120 e. The summed E-state index contributed by atoms with van der Waals surface area (Å²) in [5.41, 5.74) is 1.28. The predicted molar refractivity (Wildman–Crippen MR) is 83.7 cm³/mol. The van der Waals surface area contributed by atoms with Crippen molar-refractivity contribution in [3.63, 3.8) is 0 Å². The molecule has 1 N–H and O–H groups in total. The molecule has 0 amide bonds. The number of aromatic amines is 1. The number of rotatable bonds is 2. The van der Waals surface area contributed by atoms with Gasteiger partial charge in [0.1, 0.15) is 11.9 Å². The molecule has 0 bridgehead atoms. The summed E-state index contributed by atoms with van der Waals surface area (Å²) in [5, 5.41) is 1.21. The summed E-state index contributed by atoms with van der Waals surface area (Å²) in [6.07, 6.45) is 10.7. The highest BCUT2D eigenvalue weighted by molar-refractivity contribution is 5.80. The molecule has 21 heavy (non-hydrogen) atoms. The van der Waals surface area contributed by atoms with E-state index in [2.05, 4.69) is 29.2 Å². The Morgan fingerprint density at radius 2 is 2.05 bits per heavy atom. The lowest BCUT2D eigenvalue weighted by molar-refractivity contribution is -0.129. The van der Waals surface area contributed by atoms with Gasteiger partial charge in [-0.1, -0.05) is 19.3 Å². The maximum atomic E-state index is 6.27. The number of benzene rings is 1. The molecule has 1 unspecified atom stereocenters. The second-order valence-corrected chi connectivity index (χ2v) is 6.55. The van der Waals surface area contributed by atoms with Crippen molar-refractivity contribution in [1.82, 2.24) is 4.98 Å². The second-order valence-electron chi connectivity index (χ2n) is 6.55. The van der Waals surface area contributed by atoms with Crippen LogP contribution in [0.3, 0.4) is 0 Å². The minimum atomic E-state index is 0.110. The number of ether oxygens (including phenoxy) is 2. The van der Waals surface area contributed by atoms with Crippen molar-refractivity contribution < 1.29 is 9.47 Å². The first-order valence-corrected chi connectivity index (χ1v) is 8.21. The van der Waals surface area contributed by atoms with Gasteiger partial charge in [0, 0.05) is 29.9 Å². The third-order valence-electron chi connectivity index (χ3n) is 5.04. The molecule has 1 spiro atoms. The standard InChI is InChI=1S/C18H23NO2/c1-2-8-18(9-3-1)13-16(7-11-20-18)21-15-4-5-17-14(12-15)6-10-19-17/h4-6,10,12,16,19H,1-3,7-9,11,13H2. The summed E-state index contributed by atoms with van der Waals surface area (Å²) in [7, 11) is 0. The van der Waals surface area contributed by atoms with Crippen LogP contribution < -0.4 is 4.74 Å². The van der Waals surface area contributed by atoms with E-state index in [0.717, 1.165) is 30.7 Å². The van der Waals surface area contributed by atoms with Crippen LogP contribution in [0.15, 0.2) is 30.5 Å². The van der Waals surface area contributed by atoms with Crippen molar-refractivity contribution >= 4 is 10.9 Å². The van der Waals surface area contributed by atoms with E-state index in [4.69, 9.17) is 9.47 Å². The van der Waals surface area contributed by atoms with E-state index in [0.29, 0.717) is 6.10 Å². The molecule has 3 nitrogen and oxygen atoms in total. The van der Waals surface area contributed by atoms with E-state index in [1.807, 2.05) is 6.20 Å². The SMILES string of the molecule is c1cc2cc(OC3CCOC4(CCCCC4)C3)ccc2[nH]1. The van der Waals surface area contributed by atoms with Crippen molar-refractivity contribution in [1.29, 1.82) is 0 Å². The van der Waals surface area contributed by atoms with Gasteiger partial charge in [-0.25, -0.2) is 0 Å². The summed E-state index contributed by atoms with van der Waals surface area (Å²) in [6.45, 7) is 0.844. The fourth-order valence-electron chi connectivity index (χ4n) is 3.93. The number of nitrogens with one attached hydrogen (secondary N) is 1. The van der Waals surface area contributed by atoms with Crippen molar-refractivity contribution in [3.05, 3.63) is 30.5 Å². The zero-order chi connectivity index (χ0) is 14.1. The molecule has 4 rings (SSSR count). The first-order chi connectivity index (χ1) is 10.3. The van der Waals surface area contributed by atoms with Crippen LogP contribution in [-0.4, -0.2) is 23.3 Å². The molecule has 2 aliphatic rings. The minimum absolute atomic E-state index is 0.110. The molecule has 1 aliphatic heterocycles. The van der Waals surface area contributed by atoms with E-state index in [1.54, 1.807) is 0 Å². The summed E-state index contributed by atoms with van der Waals surface area (Å²) in [5.74, 6) is 0.986. The maximum Gasteiger partial charge on any atom is 0.120 e. The Morgan fingerprint density at radius 3 is 2.95 bits per heavy atom. The van der Waals surface area contributed by atoms with Gasteiger partial charge in [0.25, 0.3) is 0 Å². The Balaban J connectivity index is 1.48. The molecule has 1 saturated carbocycles. The number of hydrogen-bond donors (Lipinski definition) is 1. The first-order valence-electron chi connectivity index (χ1n) is 8.21. The molecule has 1 atom stereocenters. The monoisotopic (exact) mass is 285 g/mol. The topological polar surface area (TPSA) is 34.2 Å². The lowest BCUT2D eigenvalue weighted by atomic mass is 9.79. The minimum Gasteiger partial charge on any atom is -0.490 e. The van der Waals surface area contributed by atoms with Crippen molar-refractivity contribution in [2.45, 2.75) is 56.7 Å². The van der Waals surface area contributed by atoms with Gasteiger partial charge in [0.05, 0.1) is 12.2 Å². The molecule has 1 aromatic heterocycles. The van der Waals surface area contributed by atoms with Gasteiger partial charge < -0.3 is 14.5 Å². The molecule has 112 valence electrons. The number of aromatic nitrogens is 1. The molecular weight excluding hydrogens is 262 g/mol. The van der Waals surface area contributed by atoms with Crippen LogP contribution in [0.2, 0.25) is 0 Å². The Hall–Kier alpha value is -1.48. The summed E-state index contributed by atoms with van der Waals surface area (Å²) in [6, 6.07) is 8.39. The molecule has 1 aliphatic carbocycles. The quantitative estimate of drug-likeness (QED) is 0.885. The van der Waals surface area contributed by atoms with E-state index in [9.17, 15) is 0 Å². The lowest BCUT2D eigenvalue weighted by Crippen LogP contribution is -2.45. The van der Waals surface area contributed by atoms with Gasteiger partial charge in [0.2, 0.25) is 0 Å². The fourth-order valence-corrected chi connectivity index (χ4v) is 3.93. The number of hydrogen-bond acceptors (Lipinski definition) is 2. The zero-order valence-electron chi connectivity index (χ0n) is 12.4. The largest absolute Gasteiger partial charge is 0.490 e. The highest BCUT2D eigenvalue weighted by Gasteiger charge is 2.39. The maximum absolute atomic E-state index is 6.27. The van der Waals surface area contributed by atoms with Crippen molar-refractivity contribution in [2.75, 3.05) is 6.61 Å². The van der Waals surface area contributed by atoms with Crippen LogP contribution in [-0.2, 0) is 4.74 Å². The van der Waals surface area contributed by atoms with Crippen molar-refractivity contribution in [2.24, 2.45) is 0 Å². The number of fused-ring (bicyclic) bond motifs is 1. The van der Waals surface area contributed by atoms with E-state index < -0.39 is 0 Å². The molecule has 2 aromatic rings.